The Hall–Kier alpha value is -3.30. The molecule has 2 aromatic rings. The molecule has 0 saturated heterocycles. The Labute approximate surface area is 134 Å². The number of halogens is 1. The second-order valence-electron chi connectivity index (χ2n) is 4.76. The summed E-state index contributed by atoms with van der Waals surface area (Å²) < 4.78 is 13.6. The third-order valence-corrected chi connectivity index (χ3v) is 3.20. The molecular weight excluding hydrogens is 323 g/mol. The molecule has 3 N–H and O–H groups in total. The normalized spacial score (nSPS) is 11.8. The van der Waals surface area contributed by atoms with Gasteiger partial charge in [0.15, 0.2) is 5.69 Å². The molecule has 1 atom stereocenters. The van der Waals surface area contributed by atoms with Crippen LogP contribution in [0.5, 0.6) is 0 Å². The van der Waals surface area contributed by atoms with Crippen LogP contribution in [0.25, 0.3) is 0 Å². The van der Waals surface area contributed by atoms with Crippen molar-refractivity contribution in [3.8, 4) is 0 Å². The van der Waals surface area contributed by atoms with E-state index in [1.54, 1.807) is 6.92 Å². The topological polar surface area (TPSA) is 134 Å². The maximum Gasteiger partial charge on any atom is 0.359 e. The van der Waals surface area contributed by atoms with Gasteiger partial charge in [-0.1, -0.05) is 12.1 Å². The maximum absolute atomic E-state index is 12.9. The summed E-state index contributed by atoms with van der Waals surface area (Å²) in [5.41, 5.74) is -1.14. The average molecular weight is 336 g/mol. The first-order valence-corrected chi connectivity index (χ1v) is 6.83. The van der Waals surface area contributed by atoms with Crippen molar-refractivity contribution in [1.29, 1.82) is 0 Å². The van der Waals surface area contributed by atoms with Gasteiger partial charge in [-0.25, -0.2) is 18.7 Å². The summed E-state index contributed by atoms with van der Waals surface area (Å²) in [6.45, 7) is 1.60. The monoisotopic (exact) mass is 336 g/mol. The molecule has 0 bridgehead atoms. The predicted octanol–water partition coefficient (Wildman–Crippen LogP) is 1.40. The van der Waals surface area contributed by atoms with Crippen molar-refractivity contribution in [2.45, 2.75) is 19.4 Å². The number of rotatable bonds is 6. The lowest BCUT2D eigenvalue weighted by molar-refractivity contribution is -0.119. The summed E-state index contributed by atoms with van der Waals surface area (Å²) in [5.74, 6) is -4.23. The Morgan fingerprint density at radius 2 is 1.83 bits per heavy atom. The van der Waals surface area contributed by atoms with E-state index >= 15 is 0 Å². The molecule has 0 unspecified atom stereocenters. The zero-order chi connectivity index (χ0) is 17.9. The molecule has 0 saturated carbocycles. The molecule has 10 heteroatoms. The van der Waals surface area contributed by atoms with Gasteiger partial charge in [-0.15, -0.1) is 5.10 Å². The minimum absolute atomic E-state index is 0.135. The Balaban J connectivity index is 2.34. The van der Waals surface area contributed by atoms with Crippen molar-refractivity contribution in [3.63, 3.8) is 0 Å². The molecule has 1 aromatic heterocycles. The SMILES string of the molecule is CC[C@H](C(=O)Nc1ccc(F)cc1)n1nnc(C(=O)O)c1C(=O)O. The summed E-state index contributed by atoms with van der Waals surface area (Å²) in [5, 5.41) is 27.4. The lowest BCUT2D eigenvalue weighted by atomic mass is 10.2. The lowest BCUT2D eigenvalue weighted by Crippen LogP contribution is -2.29. The number of amides is 1. The Kier molecular flexibility index (Phi) is 4.87. The molecule has 0 aliphatic heterocycles. The van der Waals surface area contributed by atoms with Crippen LogP contribution in [-0.4, -0.2) is 43.1 Å². The largest absolute Gasteiger partial charge is 0.476 e. The molecule has 0 fully saturated rings. The van der Waals surface area contributed by atoms with Crippen LogP contribution in [0.2, 0.25) is 0 Å². The standard InChI is InChI=1S/C14H13FN4O5/c1-2-9(12(20)16-8-5-3-7(15)4-6-8)19-11(14(23)24)10(13(21)22)17-18-19/h3-6,9H,2H2,1H3,(H,16,20)(H,21,22)(H,23,24)/t9-/m1/s1. The number of aromatic carboxylic acids is 2. The number of carboxylic acid groups (broad SMARTS) is 2. The van der Waals surface area contributed by atoms with Crippen LogP contribution < -0.4 is 5.32 Å². The van der Waals surface area contributed by atoms with Gasteiger partial charge in [0.25, 0.3) is 0 Å². The van der Waals surface area contributed by atoms with Crippen molar-refractivity contribution in [2.24, 2.45) is 0 Å². The van der Waals surface area contributed by atoms with Crippen LogP contribution in [0.1, 0.15) is 40.4 Å². The van der Waals surface area contributed by atoms with E-state index in [9.17, 15) is 23.9 Å². The van der Waals surface area contributed by atoms with Crippen LogP contribution in [0.4, 0.5) is 10.1 Å². The number of carbonyl (C=O) groups excluding carboxylic acids is 1. The van der Waals surface area contributed by atoms with Gasteiger partial charge in [-0.05, 0) is 30.7 Å². The van der Waals surface area contributed by atoms with Gasteiger partial charge in [0.1, 0.15) is 11.9 Å². The van der Waals surface area contributed by atoms with E-state index in [0.717, 1.165) is 16.8 Å². The molecule has 1 amide bonds. The van der Waals surface area contributed by atoms with Crippen molar-refractivity contribution in [1.82, 2.24) is 15.0 Å². The van der Waals surface area contributed by atoms with Crippen LogP contribution in [0.15, 0.2) is 24.3 Å². The van der Waals surface area contributed by atoms with Gasteiger partial charge in [0, 0.05) is 5.69 Å². The van der Waals surface area contributed by atoms with Gasteiger partial charge in [0.05, 0.1) is 0 Å². The Morgan fingerprint density at radius 1 is 1.21 bits per heavy atom. The summed E-state index contributed by atoms with van der Waals surface area (Å²) in [7, 11) is 0. The highest BCUT2D eigenvalue weighted by atomic mass is 19.1. The van der Waals surface area contributed by atoms with Crippen molar-refractivity contribution in [3.05, 3.63) is 41.5 Å². The zero-order valence-corrected chi connectivity index (χ0v) is 12.4. The van der Waals surface area contributed by atoms with Crippen molar-refractivity contribution >= 4 is 23.5 Å². The van der Waals surface area contributed by atoms with Crippen LogP contribution in [0.3, 0.4) is 0 Å². The van der Waals surface area contributed by atoms with Gasteiger partial charge >= 0.3 is 11.9 Å². The number of carboxylic acids is 2. The molecule has 0 aliphatic rings. The van der Waals surface area contributed by atoms with Gasteiger partial charge in [-0.3, -0.25) is 4.79 Å². The minimum atomic E-state index is -1.56. The minimum Gasteiger partial charge on any atom is -0.476 e. The number of benzene rings is 1. The smallest absolute Gasteiger partial charge is 0.359 e. The van der Waals surface area contributed by atoms with Crippen LogP contribution in [-0.2, 0) is 4.79 Å². The number of hydrogen-bond acceptors (Lipinski definition) is 5. The number of hydrogen-bond donors (Lipinski definition) is 3. The summed E-state index contributed by atoms with van der Waals surface area (Å²) in [6.07, 6.45) is 0.135. The van der Waals surface area contributed by atoms with E-state index in [2.05, 4.69) is 15.6 Å². The van der Waals surface area contributed by atoms with E-state index in [1.165, 1.54) is 12.1 Å². The summed E-state index contributed by atoms with van der Waals surface area (Å²) in [6, 6.07) is 3.88. The molecule has 0 aliphatic carbocycles. The average Bonchev–Trinajstić information content (AvgIpc) is 2.95. The molecule has 0 radical (unpaired) electrons. The predicted molar refractivity (Wildman–Crippen MR) is 78.3 cm³/mol. The first kappa shape index (κ1) is 17.1. The maximum atomic E-state index is 12.9. The van der Waals surface area contributed by atoms with Gasteiger partial charge in [0.2, 0.25) is 11.6 Å². The molecule has 1 heterocycles. The van der Waals surface area contributed by atoms with E-state index in [-0.39, 0.29) is 6.42 Å². The van der Waals surface area contributed by atoms with Crippen molar-refractivity contribution < 1.29 is 29.0 Å². The first-order chi connectivity index (χ1) is 11.3. The van der Waals surface area contributed by atoms with Crippen molar-refractivity contribution in [2.75, 3.05) is 5.32 Å². The van der Waals surface area contributed by atoms with Crippen LogP contribution in [0, 0.1) is 5.82 Å². The van der Waals surface area contributed by atoms with E-state index in [4.69, 9.17) is 5.11 Å². The molecule has 0 spiro atoms. The summed E-state index contributed by atoms with van der Waals surface area (Å²) in [4.78, 5) is 34.7. The second kappa shape index (κ2) is 6.86. The highest BCUT2D eigenvalue weighted by molar-refractivity contribution is 6.00. The molecule has 1 aromatic carbocycles. The van der Waals surface area contributed by atoms with E-state index < -0.39 is 41.1 Å². The quantitative estimate of drug-likeness (QED) is 0.725. The van der Waals surface area contributed by atoms with E-state index in [0.29, 0.717) is 5.69 Å². The fourth-order valence-electron chi connectivity index (χ4n) is 2.08. The number of anilines is 1. The molecule has 9 nitrogen and oxygen atoms in total. The number of nitrogens with zero attached hydrogens (tertiary/aromatic N) is 3. The number of carbonyl (C=O) groups is 3. The molecule has 2 rings (SSSR count). The van der Waals surface area contributed by atoms with E-state index in [1.807, 2.05) is 0 Å². The summed E-state index contributed by atoms with van der Waals surface area (Å²) >= 11 is 0. The Bertz CT molecular complexity index is 787. The van der Waals surface area contributed by atoms with Crippen LogP contribution >= 0.6 is 0 Å². The fourth-order valence-corrected chi connectivity index (χ4v) is 2.08. The molecule has 24 heavy (non-hydrogen) atoms. The molecule has 126 valence electrons. The Morgan fingerprint density at radius 3 is 2.33 bits per heavy atom. The lowest BCUT2D eigenvalue weighted by Gasteiger charge is -2.16. The van der Waals surface area contributed by atoms with Gasteiger partial charge < -0.3 is 15.5 Å². The zero-order valence-electron chi connectivity index (χ0n) is 12.4. The number of aromatic nitrogens is 3. The first-order valence-electron chi connectivity index (χ1n) is 6.83. The number of nitrogens with one attached hydrogen (secondary N) is 1. The third-order valence-electron chi connectivity index (χ3n) is 3.20. The molecular formula is C14H13FN4O5. The third kappa shape index (κ3) is 3.37. The second-order valence-corrected chi connectivity index (χ2v) is 4.76. The highest BCUT2D eigenvalue weighted by Crippen LogP contribution is 2.19. The fraction of sp³-hybridized carbons (Fsp3) is 0.214. The highest BCUT2D eigenvalue weighted by Gasteiger charge is 2.31. The van der Waals surface area contributed by atoms with Gasteiger partial charge in [-0.2, -0.15) is 0 Å².